The molecule has 3 heterocycles. The zero-order chi connectivity index (χ0) is 16.2. The van der Waals surface area contributed by atoms with Crippen molar-refractivity contribution in [1.82, 2.24) is 19.9 Å². The third-order valence-corrected chi connectivity index (χ3v) is 6.24. The SMILES string of the molecule is c1cc(NC2CCN(Cc3csc(C4CCCC4)n3)CC2)ncn1. The lowest BCUT2D eigenvalue weighted by molar-refractivity contribution is 0.209. The molecule has 0 aromatic carbocycles. The molecule has 5 nitrogen and oxygen atoms in total. The monoisotopic (exact) mass is 343 g/mol. The molecule has 24 heavy (non-hydrogen) atoms. The van der Waals surface area contributed by atoms with Crippen LogP contribution in [0.5, 0.6) is 0 Å². The largest absolute Gasteiger partial charge is 0.367 e. The highest BCUT2D eigenvalue weighted by Crippen LogP contribution is 2.35. The van der Waals surface area contributed by atoms with Gasteiger partial charge in [0.25, 0.3) is 0 Å². The second kappa shape index (κ2) is 7.57. The Balaban J connectivity index is 1.26. The standard InChI is InChI=1S/C18H25N5S/c1-2-4-14(3-1)18-22-16(12-24-18)11-23-9-6-15(7-10-23)21-17-5-8-19-13-20-17/h5,8,12-15H,1-4,6-7,9-11H2,(H,19,20,21). The fourth-order valence-corrected chi connectivity index (χ4v) is 4.79. The zero-order valence-electron chi connectivity index (χ0n) is 14.0. The highest BCUT2D eigenvalue weighted by molar-refractivity contribution is 7.09. The first-order chi connectivity index (χ1) is 11.9. The van der Waals surface area contributed by atoms with Crippen LogP contribution in [0.2, 0.25) is 0 Å². The molecule has 0 amide bonds. The average Bonchev–Trinajstić information content (AvgIpc) is 3.29. The van der Waals surface area contributed by atoms with Crippen molar-refractivity contribution in [3.63, 3.8) is 0 Å². The Labute approximate surface area is 147 Å². The molecule has 2 fully saturated rings. The summed E-state index contributed by atoms with van der Waals surface area (Å²) in [5, 5.41) is 7.17. The van der Waals surface area contributed by atoms with Gasteiger partial charge in [-0.05, 0) is 31.7 Å². The van der Waals surface area contributed by atoms with Crippen molar-refractivity contribution in [2.45, 2.75) is 57.0 Å². The summed E-state index contributed by atoms with van der Waals surface area (Å²) in [4.78, 5) is 15.7. The summed E-state index contributed by atoms with van der Waals surface area (Å²) in [7, 11) is 0. The van der Waals surface area contributed by atoms with Crippen LogP contribution in [-0.4, -0.2) is 39.0 Å². The van der Waals surface area contributed by atoms with Crippen LogP contribution in [0.1, 0.15) is 55.1 Å². The summed E-state index contributed by atoms with van der Waals surface area (Å²) >= 11 is 1.87. The molecule has 0 atom stereocenters. The Morgan fingerprint density at radius 2 is 2.00 bits per heavy atom. The minimum absolute atomic E-state index is 0.514. The van der Waals surface area contributed by atoms with Crippen LogP contribution in [-0.2, 0) is 6.54 Å². The van der Waals surface area contributed by atoms with Gasteiger partial charge in [0.15, 0.2) is 0 Å². The third-order valence-electron chi connectivity index (χ3n) is 5.18. The first-order valence-corrected chi connectivity index (χ1v) is 9.94. The van der Waals surface area contributed by atoms with Crippen LogP contribution >= 0.6 is 11.3 Å². The minimum atomic E-state index is 0.514. The lowest BCUT2D eigenvalue weighted by Crippen LogP contribution is -2.38. The highest BCUT2D eigenvalue weighted by atomic mass is 32.1. The first-order valence-electron chi connectivity index (χ1n) is 9.06. The summed E-state index contributed by atoms with van der Waals surface area (Å²) in [6, 6.07) is 2.45. The first kappa shape index (κ1) is 16.0. The quantitative estimate of drug-likeness (QED) is 0.898. The van der Waals surface area contributed by atoms with Gasteiger partial charge in [-0.1, -0.05) is 12.8 Å². The lowest BCUT2D eigenvalue weighted by atomic mass is 10.0. The van der Waals surface area contributed by atoms with Crippen LogP contribution in [0.4, 0.5) is 5.82 Å². The summed E-state index contributed by atoms with van der Waals surface area (Å²) in [5.74, 6) is 1.68. The maximum atomic E-state index is 4.92. The van der Waals surface area contributed by atoms with E-state index in [2.05, 4.69) is 25.6 Å². The molecule has 128 valence electrons. The summed E-state index contributed by atoms with van der Waals surface area (Å²) < 4.78 is 0. The molecule has 2 aromatic heterocycles. The van der Waals surface area contributed by atoms with Gasteiger partial charge in [0.2, 0.25) is 0 Å². The van der Waals surface area contributed by atoms with Gasteiger partial charge in [0.1, 0.15) is 12.1 Å². The second-order valence-corrected chi connectivity index (χ2v) is 7.84. The van der Waals surface area contributed by atoms with E-state index in [1.54, 1.807) is 12.5 Å². The molecule has 0 bridgehead atoms. The van der Waals surface area contributed by atoms with Crippen molar-refractivity contribution < 1.29 is 0 Å². The number of likely N-dealkylation sites (tertiary alicyclic amines) is 1. The van der Waals surface area contributed by atoms with E-state index in [9.17, 15) is 0 Å². The Bertz CT molecular complexity index is 630. The Hall–Kier alpha value is -1.53. The van der Waals surface area contributed by atoms with Crippen molar-refractivity contribution in [1.29, 1.82) is 0 Å². The lowest BCUT2D eigenvalue weighted by Gasteiger charge is -2.32. The van der Waals surface area contributed by atoms with Crippen molar-refractivity contribution >= 4 is 17.2 Å². The van der Waals surface area contributed by atoms with Gasteiger partial charge < -0.3 is 5.32 Å². The topological polar surface area (TPSA) is 53.9 Å². The van der Waals surface area contributed by atoms with Gasteiger partial charge in [-0.2, -0.15) is 0 Å². The maximum Gasteiger partial charge on any atom is 0.129 e. The molecule has 0 spiro atoms. The molecular formula is C18H25N5S. The van der Waals surface area contributed by atoms with E-state index in [0.29, 0.717) is 6.04 Å². The highest BCUT2D eigenvalue weighted by Gasteiger charge is 2.22. The number of aromatic nitrogens is 3. The maximum absolute atomic E-state index is 4.92. The third kappa shape index (κ3) is 3.92. The summed E-state index contributed by atoms with van der Waals surface area (Å²) in [5.41, 5.74) is 1.27. The van der Waals surface area contributed by atoms with Gasteiger partial charge in [0.05, 0.1) is 10.7 Å². The summed E-state index contributed by atoms with van der Waals surface area (Å²) in [6.45, 7) is 3.25. The minimum Gasteiger partial charge on any atom is -0.367 e. The molecule has 1 N–H and O–H groups in total. The van der Waals surface area contributed by atoms with E-state index in [4.69, 9.17) is 4.98 Å². The van der Waals surface area contributed by atoms with Crippen molar-refractivity contribution in [2.24, 2.45) is 0 Å². The molecule has 0 unspecified atom stereocenters. The van der Waals surface area contributed by atoms with E-state index in [1.807, 2.05) is 17.4 Å². The Morgan fingerprint density at radius 1 is 1.17 bits per heavy atom. The van der Waals surface area contributed by atoms with E-state index < -0.39 is 0 Å². The van der Waals surface area contributed by atoms with E-state index >= 15 is 0 Å². The number of thiazole rings is 1. The van der Waals surface area contributed by atoms with E-state index in [0.717, 1.165) is 44.2 Å². The van der Waals surface area contributed by atoms with Crippen LogP contribution in [0.15, 0.2) is 24.0 Å². The van der Waals surface area contributed by atoms with Gasteiger partial charge in [0, 0.05) is 43.2 Å². The molecule has 1 saturated heterocycles. The van der Waals surface area contributed by atoms with Crippen molar-refractivity contribution in [3.05, 3.63) is 34.7 Å². The predicted molar refractivity (Wildman–Crippen MR) is 97.3 cm³/mol. The van der Waals surface area contributed by atoms with Crippen LogP contribution < -0.4 is 5.32 Å². The number of hydrogen-bond acceptors (Lipinski definition) is 6. The fraction of sp³-hybridized carbons (Fsp3) is 0.611. The predicted octanol–water partition coefficient (Wildman–Crippen LogP) is 3.67. The number of anilines is 1. The summed E-state index contributed by atoms with van der Waals surface area (Å²) in [6.07, 6.45) is 11.1. The van der Waals surface area contributed by atoms with E-state index in [1.165, 1.54) is 36.4 Å². The number of nitrogens with one attached hydrogen (secondary N) is 1. The van der Waals surface area contributed by atoms with Crippen LogP contribution in [0.3, 0.4) is 0 Å². The second-order valence-electron chi connectivity index (χ2n) is 6.95. The van der Waals surface area contributed by atoms with Gasteiger partial charge in [-0.15, -0.1) is 11.3 Å². The Morgan fingerprint density at radius 3 is 2.75 bits per heavy atom. The number of hydrogen-bond donors (Lipinski definition) is 1. The molecule has 0 radical (unpaired) electrons. The number of piperidine rings is 1. The zero-order valence-corrected chi connectivity index (χ0v) is 14.8. The molecule has 4 rings (SSSR count). The van der Waals surface area contributed by atoms with Gasteiger partial charge >= 0.3 is 0 Å². The number of nitrogens with zero attached hydrogens (tertiary/aromatic N) is 4. The molecule has 1 saturated carbocycles. The molecule has 6 heteroatoms. The molecule has 1 aliphatic heterocycles. The average molecular weight is 344 g/mol. The van der Waals surface area contributed by atoms with Crippen molar-refractivity contribution in [2.75, 3.05) is 18.4 Å². The Kier molecular flexibility index (Phi) is 5.04. The number of rotatable bonds is 5. The molecule has 1 aliphatic carbocycles. The van der Waals surface area contributed by atoms with E-state index in [-0.39, 0.29) is 0 Å². The van der Waals surface area contributed by atoms with Gasteiger partial charge in [-0.3, -0.25) is 4.90 Å². The van der Waals surface area contributed by atoms with Crippen molar-refractivity contribution in [3.8, 4) is 0 Å². The molecule has 2 aromatic rings. The molecular weight excluding hydrogens is 318 g/mol. The van der Waals surface area contributed by atoms with Crippen LogP contribution in [0.25, 0.3) is 0 Å². The fourth-order valence-electron chi connectivity index (χ4n) is 3.81. The van der Waals surface area contributed by atoms with Gasteiger partial charge in [-0.25, -0.2) is 15.0 Å². The molecule has 2 aliphatic rings. The smallest absolute Gasteiger partial charge is 0.129 e. The van der Waals surface area contributed by atoms with Crippen LogP contribution in [0, 0.1) is 0 Å². The normalized spacial score (nSPS) is 20.5.